The van der Waals surface area contributed by atoms with Gasteiger partial charge in [-0.15, -0.1) is 0 Å². The molecule has 0 bridgehead atoms. The highest BCUT2D eigenvalue weighted by molar-refractivity contribution is 7.71. The van der Waals surface area contributed by atoms with Crippen LogP contribution in [0.3, 0.4) is 0 Å². The predicted molar refractivity (Wildman–Crippen MR) is 113 cm³/mol. The highest BCUT2D eigenvalue weighted by atomic mass is 32.1. The van der Waals surface area contributed by atoms with Crippen LogP contribution >= 0.6 is 12.2 Å². The smallest absolute Gasteiger partial charge is 0.199 e. The molecule has 1 aliphatic carbocycles. The van der Waals surface area contributed by atoms with Crippen molar-refractivity contribution in [2.75, 3.05) is 31.1 Å². The Hall–Kier alpha value is -2.51. The molecule has 1 aliphatic heterocycles. The summed E-state index contributed by atoms with van der Waals surface area (Å²) in [7, 11) is 0. The summed E-state index contributed by atoms with van der Waals surface area (Å²) in [5.74, 6) is 0.948. The van der Waals surface area contributed by atoms with Crippen LogP contribution in [-0.4, -0.2) is 50.4 Å². The van der Waals surface area contributed by atoms with Crippen LogP contribution in [0.15, 0.2) is 54.9 Å². The molecule has 1 saturated heterocycles. The van der Waals surface area contributed by atoms with Gasteiger partial charge in [-0.25, -0.2) is 4.68 Å². The third kappa shape index (κ3) is 3.47. The van der Waals surface area contributed by atoms with Gasteiger partial charge >= 0.3 is 0 Å². The van der Waals surface area contributed by atoms with Gasteiger partial charge in [0.1, 0.15) is 0 Å². The SMILES string of the molecule is S=c1n(CN2CCN(c3ccccc3)CC2)nc(-c2cccnc2)n1C1CC1. The Morgan fingerprint density at radius 1 is 0.964 bits per heavy atom. The van der Waals surface area contributed by atoms with Crippen molar-refractivity contribution >= 4 is 17.9 Å². The van der Waals surface area contributed by atoms with Crippen molar-refractivity contribution in [3.8, 4) is 11.4 Å². The van der Waals surface area contributed by atoms with E-state index in [0.29, 0.717) is 6.04 Å². The van der Waals surface area contributed by atoms with Gasteiger partial charge in [0, 0.05) is 55.9 Å². The quantitative estimate of drug-likeness (QED) is 0.621. The standard InChI is InChI=1S/C21H24N6S/c28-21-26(16-24-11-13-25(14-12-24)18-6-2-1-3-7-18)23-20(27(21)19-8-9-19)17-5-4-10-22-15-17/h1-7,10,15,19H,8-9,11-14,16H2. The van der Waals surface area contributed by atoms with Crippen molar-refractivity contribution in [2.24, 2.45) is 0 Å². The lowest BCUT2D eigenvalue weighted by atomic mass is 10.2. The van der Waals surface area contributed by atoms with E-state index in [9.17, 15) is 0 Å². The fourth-order valence-corrected chi connectivity index (χ4v) is 4.18. The van der Waals surface area contributed by atoms with Gasteiger partial charge in [0.2, 0.25) is 0 Å². The molecular formula is C21H24N6S. The van der Waals surface area contributed by atoms with E-state index in [1.165, 1.54) is 18.5 Å². The molecule has 2 fully saturated rings. The first-order chi connectivity index (χ1) is 13.8. The molecule has 3 heterocycles. The zero-order chi connectivity index (χ0) is 18.9. The van der Waals surface area contributed by atoms with E-state index >= 15 is 0 Å². The van der Waals surface area contributed by atoms with E-state index in [-0.39, 0.29) is 0 Å². The number of para-hydroxylation sites is 1. The molecule has 144 valence electrons. The van der Waals surface area contributed by atoms with Crippen LogP contribution in [-0.2, 0) is 6.67 Å². The van der Waals surface area contributed by atoms with Crippen LogP contribution in [0.4, 0.5) is 5.69 Å². The minimum Gasteiger partial charge on any atom is -0.369 e. The Labute approximate surface area is 170 Å². The zero-order valence-corrected chi connectivity index (χ0v) is 16.6. The monoisotopic (exact) mass is 392 g/mol. The minimum atomic E-state index is 0.492. The maximum Gasteiger partial charge on any atom is 0.199 e. The zero-order valence-electron chi connectivity index (χ0n) is 15.8. The van der Waals surface area contributed by atoms with E-state index in [1.807, 2.05) is 16.9 Å². The lowest BCUT2D eigenvalue weighted by Crippen LogP contribution is -2.47. The summed E-state index contributed by atoms with van der Waals surface area (Å²) in [6, 6.07) is 15.1. The number of pyridine rings is 1. The Morgan fingerprint density at radius 2 is 1.75 bits per heavy atom. The average molecular weight is 393 g/mol. The van der Waals surface area contributed by atoms with E-state index in [2.05, 4.69) is 55.7 Å². The minimum absolute atomic E-state index is 0.492. The van der Waals surface area contributed by atoms with Gasteiger partial charge in [-0.05, 0) is 49.3 Å². The third-order valence-electron chi connectivity index (χ3n) is 5.53. The number of hydrogen-bond donors (Lipinski definition) is 0. The first-order valence-electron chi connectivity index (χ1n) is 9.92. The third-order valence-corrected chi connectivity index (χ3v) is 5.94. The van der Waals surface area contributed by atoms with Crippen molar-refractivity contribution in [2.45, 2.75) is 25.6 Å². The molecule has 28 heavy (non-hydrogen) atoms. The van der Waals surface area contributed by atoms with Crippen LogP contribution < -0.4 is 4.90 Å². The molecule has 1 saturated carbocycles. The van der Waals surface area contributed by atoms with Crippen molar-refractivity contribution in [3.05, 3.63) is 59.6 Å². The number of piperazine rings is 1. The summed E-state index contributed by atoms with van der Waals surface area (Å²) >= 11 is 5.80. The largest absolute Gasteiger partial charge is 0.369 e. The van der Waals surface area contributed by atoms with E-state index in [0.717, 1.165) is 49.0 Å². The summed E-state index contributed by atoms with van der Waals surface area (Å²) in [4.78, 5) is 9.14. The molecule has 0 unspecified atom stereocenters. The second-order valence-corrected chi connectivity index (χ2v) is 7.90. The Balaban J connectivity index is 1.33. The second kappa shape index (κ2) is 7.48. The topological polar surface area (TPSA) is 42.1 Å². The van der Waals surface area contributed by atoms with Gasteiger partial charge in [0.25, 0.3) is 0 Å². The maximum atomic E-state index is 5.80. The summed E-state index contributed by atoms with van der Waals surface area (Å²) in [5, 5.41) is 4.89. The van der Waals surface area contributed by atoms with Gasteiger partial charge in [0.15, 0.2) is 10.6 Å². The highest BCUT2D eigenvalue weighted by Gasteiger charge is 2.29. The number of anilines is 1. The van der Waals surface area contributed by atoms with Crippen LogP contribution in [0.2, 0.25) is 0 Å². The van der Waals surface area contributed by atoms with E-state index in [1.54, 1.807) is 6.20 Å². The normalized spacial score (nSPS) is 17.8. The van der Waals surface area contributed by atoms with Gasteiger partial charge in [-0.1, -0.05) is 18.2 Å². The molecule has 2 aromatic heterocycles. The molecule has 1 aromatic carbocycles. The first-order valence-corrected chi connectivity index (χ1v) is 10.3. The Bertz CT molecular complexity index is 985. The summed E-state index contributed by atoms with van der Waals surface area (Å²) in [6.07, 6.45) is 6.04. The predicted octanol–water partition coefficient (Wildman–Crippen LogP) is 3.59. The average Bonchev–Trinajstić information content (AvgIpc) is 3.54. The molecule has 3 aromatic rings. The van der Waals surface area contributed by atoms with Crippen LogP contribution in [0.5, 0.6) is 0 Å². The number of hydrogen-bond acceptors (Lipinski definition) is 5. The molecule has 5 rings (SSSR count). The lowest BCUT2D eigenvalue weighted by Gasteiger charge is -2.35. The highest BCUT2D eigenvalue weighted by Crippen LogP contribution is 2.38. The fourth-order valence-electron chi connectivity index (χ4n) is 3.84. The summed E-state index contributed by atoms with van der Waals surface area (Å²) in [5.41, 5.74) is 2.34. The molecule has 0 radical (unpaired) electrons. The van der Waals surface area contributed by atoms with E-state index in [4.69, 9.17) is 17.3 Å². The van der Waals surface area contributed by atoms with Crippen molar-refractivity contribution in [3.63, 3.8) is 0 Å². The first kappa shape index (κ1) is 17.6. The molecule has 0 atom stereocenters. The van der Waals surface area contributed by atoms with Crippen molar-refractivity contribution in [1.82, 2.24) is 24.2 Å². The van der Waals surface area contributed by atoms with Crippen LogP contribution in [0, 0.1) is 4.77 Å². The van der Waals surface area contributed by atoms with Crippen LogP contribution in [0.25, 0.3) is 11.4 Å². The molecule has 2 aliphatic rings. The van der Waals surface area contributed by atoms with Crippen LogP contribution in [0.1, 0.15) is 18.9 Å². The number of aromatic nitrogens is 4. The second-order valence-electron chi connectivity index (χ2n) is 7.53. The molecule has 0 N–H and O–H groups in total. The molecular weight excluding hydrogens is 368 g/mol. The number of nitrogens with zero attached hydrogens (tertiary/aromatic N) is 6. The van der Waals surface area contributed by atoms with Crippen molar-refractivity contribution in [1.29, 1.82) is 0 Å². The fraction of sp³-hybridized carbons (Fsp3) is 0.381. The molecule has 0 amide bonds. The van der Waals surface area contributed by atoms with E-state index < -0.39 is 0 Å². The van der Waals surface area contributed by atoms with Gasteiger partial charge in [-0.2, -0.15) is 5.10 Å². The molecule has 0 spiro atoms. The molecule has 6 nitrogen and oxygen atoms in total. The maximum absolute atomic E-state index is 5.80. The Morgan fingerprint density at radius 3 is 2.43 bits per heavy atom. The van der Waals surface area contributed by atoms with Gasteiger partial charge in [0.05, 0.1) is 6.67 Å². The van der Waals surface area contributed by atoms with Crippen molar-refractivity contribution < 1.29 is 0 Å². The van der Waals surface area contributed by atoms with Gasteiger partial charge in [-0.3, -0.25) is 14.5 Å². The number of benzene rings is 1. The summed E-state index contributed by atoms with van der Waals surface area (Å²) < 4.78 is 5.05. The molecule has 7 heteroatoms. The van der Waals surface area contributed by atoms with Gasteiger partial charge < -0.3 is 4.90 Å². The lowest BCUT2D eigenvalue weighted by molar-refractivity contribution is 0.194. The number of rotatable bonds is 5. The summed E-state index contributed by atoms with van der Waals surface area (Å²) in [6.45, 7) is 4.81. The Kier molecular flexibility index (Phi) is 4.70.